The molecule has 0 spiro atoms. The third-order valence-corrected chi connectivity index (χ3v) is 4.19. The van der Waals surface area contributed by atoms with Crippen LogP contribution in [0.5, 0.6) is 0 Å². The Bertz CT molecular complexity index is 627. The minimum absolute atomic E-state index is 0.0862. The number of benzene rings is 1. The predicted octanol–water partition coefficient (Wildman–Crippen LogP) is 3.46. The molecule has 0 bridgehead atoms. The van der Waals surface area contributed by atoms with Crippen molar-refractivity contribution in [3.05, 3.63) is 65.7 Å². The standard InChI is InChI=1S/C18H19FN2O/c19-16-7-5-15(6-8-16)18(22)11-17-4-2-10-21(17)13-14-3-1-9-20-12-14/h1,3,5-9,12,17H,2,4,10-11,13H2/t17-/m1/s1. The van der Waals surface area contributed by atoms with Crippen molar-refractivity contribution >= 4 is 5.78 Å². The molecule has 1 aliphatic rings. The van der Waals surface area contributed by atoms with Crippen molar-refractivity contribution in [3.63, 3.8) is 0 Å². The Morgan fingerprint density at radius 3 is 2.82 bits per heavy atom. The normalized spacial score (nSPS) is 18.5. The summed E-state index contributed by atoms with van der Waals surface area (Å²) in [5.74, 6) is -0.223. The van der Waals surface area contributed by atoms with Gasteiger partial charge in [-0.05, 0) is 55.3 Å². The van der Waals surface area contributed by atoms with Gasteiger partial charge in [-0.25, -0.2) is 4.39 Å². The summed E-state index contributed by atoms with van der Waals surface area (Å²) in [6.45, 7) is 1.84. The van der Waals surface area contributed by atoms with Gasteiger partial charge in [0.05, 0.1) is 0 Å². The zero-order chi connectivity index (χ0) is 15.4. The summed E-state index contributed by atoms with van der Waals surface area (Å²) in [4.78, 5) is 18.8. The van der Waals surface area contributed by atoms with Crippen LogP contribution in [0.2, 0.25) is 0 Å². The highest BCUT2D eigenvalue weighted by atomic mass is 19.1. The fourth-order valence-electron chi connectivity index (χ4n) is 3.03. The SMILES string of the molecule is O=C(C[C@H]1CCCN1Cc1cccnc1)c1ccc(F)cc1. The number of rotatable bonds is 5. The maximum Gasteiger partial charge on any atom is 0.164 e. The molecule has 0 unspecified atom stereocenters. The average Bonchev–Trinajstić information content (AvgIpc) is 2.96. The van der Waals surface area contributed by atoms with Crippen LogP contribution in [-0.2, 0) is 6.54 Å². The molecule has 3 nitrogen and oxygen atoms in total. The van der Waals surface area contributed by atoms with Gasteiger partial charge in [0.25, 0.3) is 0 Å². The van der Waals surface area contributed by atoms with E-state index in [1.165, 1.54) is 17.7 Å². The number of pyridine rings is 1. The van der Waals surface area contributed by atoms with E-state index in [0.717, 1.165) is 25.9 Å². The van der Waals surface area contributed by atoms with Crippen LogP contribution in [0.3, 0.4) is 0 Å². The van der Waals surface area contributed by atoms with E-state index in [4.69, 9.17) is 0 Å². The maximum atomic E-state index is 12.9. The Balaban J connectivity index is 1.63. The molecule has 0 aliphatic carbocycles. The lowest BCUT2D eigenvalue weighted by Crippen LogP contribution is -2.31. The first-order valence-corrected chi connectivity index (χ1v) is 7.64. The topological polar surface area (TPSA) is 33.2 Å². The van der Waals surface area contributed by atoms with E-state index in [2.05, 4.69) is 16.0 Å². The highest BCUT2D eigenvalue weighted by molar-refractivity contribution is 5.96. The monoisotopic (exact) mass is 298 g/mol. The van der Waals surface area contributed by atoms with Crippen molar-refractivity contribution in [2.75, 3.05) is 6.54 Å². The largest absolute Gasteiger partial charge is 0.296 e. The van der Waals surface area contributed by atoms with Crippen molar-refractivity contribution < 1.29 is 9.18 Å². The van der Waals surface area contributed by atoms with Gasteiger partial charge in [0.1, 0.15) is 5.82 Å². The molecule has 3 rings (SSSR count). The molecule has 114 valence electrons. The molecule has 1 aromatic carbocycles. The zero-order valence-corrected chi connectivity index (χ0v) is 12.4. The van der Waals surface area contributed by atoms with Gasteiger partial charge in [-0.2, -0.15) is 0 Å². The molecule has 1 saturated heterocycles. The Morgan fingerprint density at radius 2 is 2.09 bits per heavy atom. The molecule has 4 heteroatoms. The Labute approximate surface area is 129 Å². The number of carbonyl (C=O) groups is 1. The fraction of sp³-hybridized carbons (Fsp3) is 0.333. The van der Waals surface area contributed by atoms with Crippen LogP contribution < -0.4 is 0 Å². The van der Waals surface area contributed by atoms with Gasteiger partial charge in [-0.3, -0.25) is 14.7 Å². The quantitative estimate of drug-likeness (QED) is 0.793. The van der Waals surface area contributed by atoms with Gasteiger partial charge in [-0.1, -0.05) is 6.07 Å². The van der Waals surface area contributed by atoms with Gasteiger partial charge < -0.3 is 0 Å². The van der Waals surface area contributed by atoms with Crippen LogP contribution in [0, 0.1) is 5.82 Å². The molecule has 1 aliphatic heterocycles. The molecule has 0 amide bonds. The number of ketones is 1. The number of hydrogen-bond donors (Lipinski definition) is 0. The van der Waals surface area contributed by atoms with Gasteiger partial charge in [-0.15, -0.1) is 0 Å². The van der Waals surface area contributed by atoms with Gasteiger partial charge in [0, 0.05) is 37.0 Å². The van der Waals surface area contributed by atoms with Crippen molar-refractivity contribution in [1.29, 1.82) is 0 Å². The Kier molecular flexibility index (Phi) is 4.59. The number of halogens is 1. The summed E-state index contributed by atoms with van der Waals surface area (Å²) in [6.07, 6.45) is 6.28. The highest BCUT2D eigenvalue weighted by Crippen LogP contribution is 2.23. The molecule has 0 radical (unpaired) electrons. The first-order valence-electron chi connectivity index (χ1n) is 7.64. The number of hydrogen-bond acceptors (Lipinski definition) is 3. The highest BCUT2D eigenvalue weighted by Gasteiger charge is 2.26. The molecule has 1 aromatic heterocycles. The summed E-state index contributed by atoms with van der Waals surface area (Å²) in [5.41, 5.74) is 1.76. The van der Waals surface area contributed by atoms with Crippen LogP contribution in [0.25, 0.3) is 0 Å². The lowest BCUT2D eigenvalue weighted by Gasteiger charge is -2.23. The lowest BCUT2D eigenvalue weighted by atomic mass is 10.0. The number of aromatic nitrogens is 1. The van der Waals surface area contributed by atoms with Crippen LogP contribution >= 0.6 is 0 Å². The maximum absolute atomic E-state index is 12.9. The van der Waals surface area contributed by atoms with E-state index in [1.807, 2.05) is 12.3 Å². The summed E-state index contributed by atoms with van der Waals surface area (Å²) in [5, 5.41) is 0. The molecule has 22 heavy (non-hydrogen) atoms. The average molecular weight is 298 g/mol. The number of likely N-dealkylation sites (tertiary alicyclic amines) is 1. The predicted molar refractivity (Wildman–Crippen MR) is 83.0 cm³/mol. The zero-order valence-electron chi connectivity index (χ0n) is 12.4. The Hall–Kier alpha value is -2.07. The second-order valence-corrected chi connectivity index (χ2v) is 5.76. The lowest BCUT2D eigenvalue weighted by molar-refractivity contribution is 0.0938. The second kappa shape index (κ2) is 6.79. The molecule has 0 N–H and O–H groups in total. The first-order chi connectivity index (χ1) is 10.7. The van der Waals surface area contributed by atoms with Gasteiger partial charge in [0.15, 0.2) is 5.78 Å². The van der Waals surface area contributed by atoms with Crippen LogP contribution in [0.4, 0.5) is 4.39 Å². The number of Topliss-reactive ketones (excluding diaryl/α,β-unsaturated/α-hetero) is 1. The Morgan fingerprint density at radius 1 is 1.27 bits per heavy atom. The summed E-state index contributed by atoms with van der Waals surface area (Å²) >= 11 is 0. The minimum atomic E-state index is -0.310. The summed E-state index contributed by atoms with van der Waals surface area (Å²) in [6, 6.07) is 10.1. The van der Waals surface area contributed by atoms with E-state index in [1.54, 1.807) is 18.3 Å². The molecule has 1 fully saturated rings. The number of nitrogens with zero attached hydrogens (tertiary/aromatic N) is 2. The summed E-state index contributed by atoms with van der Waals surface area (Å²) < 4.78 is 12.9. The molecule has 0 saturated carbocycles. The van der Waals surface area contributed by atoms with Crippen molar-refractivity contribution in [3.8, 4) is 0 Å². The number of carbonyl (C=O) groups excluding carboxylic acids is 1. The van der Waals surface area contributed by atoms with Gasteiger partial charge in [0.2, 0.25) is 0 Å². The summed E-state index contributed by atoms with van der Waals surface area (Å²) in [7, 11) is 0. The van der Waals surface area contributed by atoms with Crippen LogP contribution in [0.1, 0.15) is 35.2 Å². The smallest absolute Gasteiger partial charge is 0.164 e. The third-order valence-electron chi connectivity index (χ3n) is 4.19. The van der Waals surface area contributed by atoms with Crippen LogP contribution in [-0.4, -0.2) is 28.3 Å². The third kappa shape index (κ3) is 3.57. The molecule has 1 atom stereocenters. The van der Waals surface area contributed by atoms with Crippen molar-refractivity contribution in [2.45, 2.75) is 31.8 Å². The molecule has 2 heterocycles. The molecular formula is C18H19FN2O. The van der Waals surface area contributed by atoms with E-state index < -0.39 is 0 Å². The van der Waals surface area contributed by atoms with E-state index in [0.29, 0.717) is 12.0 Å². The van der Waals surface area contributed by atoms with Crippen molar-refractivity contribution in [1.82, 2.24) is 9.88 Å². The fourth-order valence-corrected chi connectivity index (χ4v) is 3.03. The molecule has 2 aromatic rings. The van der Waals surface area contributed by atoms with Gasteiger partial charge >= 0.3 is 0 Å². The van der Waals surface area contributed by atoms with Crippen LogP contribution in [0.15, 0.2) is 48.8 Å². The van der Waals surface area contributed by atoms with Crippen molar-refractivity contribution in [2.24, 2.45) is 0 Å². The molecular weight excluding hydrogens is 279 g/mol. The van der Waals surface area contributed by atoms with E-state index >= 15 is 0 Å². The minimum Gasteiger partial charge on any atom is -0.296 e. The van der Waals surface area contributed by atoms with E-state index in [9.17, 15) is 9.18 Å². The first kappa shape index (κ1) is 14.9. The van der Waals surface area contributed by atoms with E-state index in [-0.39, 0.29) is 17.6 Å². The second-order valence-electron chi connectivity index (χ2n) is 5.76.